The minimum Gasteiger partial charge on any atom is -0.376 e. The summed E-state index contributed by atoms with van der Waals surface area (Å²) in [5.74, 6) is -0.191. The molecule has 30 heavy (non-hydrogen) atoms. The molecule has 2 aromatic rings. The normalized spacial score (nSPS) is 31.0. The number of carbonyl (C=O) groups is 1. The SMILES string of the molecule is CO[C@H]1[C@H](NC(C)=O)[C@H](OCc2ccccc2)O[C@H]2COC(c3ccccc3)O[C@H]12. The number of hydrogen-bond acceptors (Lipinski definition) is 6. The van der Waals surface area contributed by atoms with Crippen LogP contribution in [0.15, 0.2) is 60.7 Å². The topological polar surface area (TPSA) is 75.3 Å². The van der Waals surface area contributed by atoms with Crippen LogP contribution in [-0.4, -0.2) is 50.3 Å². The molecule has 7 nitrogen and oxygen atoms in total. The zero-order chi connectivity index (χ0) is 20.9. The number of nitrogens with one attached hydrogen (secondary N) is 1. The number of methoxy groups -OCH3 is 1. The second-order valence-corrected chi connectivity index (χ2v) is 7.44. The molecule has 2 fully saturated rings. The first-order valence-electron chi connectivity index (χ1n) is 10.1. The second kappa shape index (κ2) is 9.68. The van der Waals surface area contributed by atoms with E-state index in [4.69, 9.17) is 23.7 Å². The van der Waals surface area contributed by atoms with Crippen LogP contribution in [-0.2, 0) is 35.1 Å². The highest BCUT2D eigenvalue weighted by Gasteiger charge is 2.51. The summed E-state index contributed by atoms with van der Waals surface area (Å²) >= 11 is 0. The average molecular weight is 413 g/mol. The highest BCUT2D eigenvalue weighted by molar-refractivity contribution is 5.73. The highest BCUT2D eigenvalue weighted by Crippen LogP contribution is 2.35. The van der Waals surface area contributed by atoms with E-state index < -0.39 is 30.8 Å². The third kappa shape index (κ3) is 4.71. The van der Waals surface area contributed by atoms with E-state index in [1.165, 1.54) is 6.92 Å². The van der Waals surface area contributed by atoms with Gasteiger partial charge in [-0.05, 0) is 5.56 Å². The van der Waals surface area contributed by atoms with E-state index >= 15 is 0 Å². The van der Waals surface area contributed by atoms with Crippen molar-refractivity contribution < 1.29 is 28.5 Å². The standard InChI is InChI=1S/C23H27NO6/c1-15(25)24-19-21(26-2)20-18(14-28-22(30-20)17-11-7-4-8-12-17)29-23(19)27-13-16-9-5-3-6-10-16/h3-12,18-23H,13-14H2,1-2H3,(H,24,25)/t18-,19-,20-,21-,22?,23+/m0/s1. The number of carbonyl (C=O) groups excluding carboxylic acids is 1. The smallest absolute Gasteiger partial charge is 0.217 e. The van der Waals surface area contributed by atoms with Gasteiger partial charge in [-0.3, -0.25) is 4.79 Å². The summed E-state index contributed by atoms with van der Waals surface area (Å²) in [4.78, 5) is 11.9. The van der Waals surface area contributed by atoms with Crippen molar-refractivity contribution in [3.05, 3.63) is 71.8 Å². The molecule has 2 aliphatic rings. The van der Waals surface area contributed by atoms with Crippen molar-refractivity contribution in [2.45, 2.75) is 50.5 Å². The summed E-state index contributed by atoms with van der Waals surface area (Å²) in [6.07, 6.45) is -2.46. The number of rotatable bonds is 6. The lowest BCUT2D eigenvalue weighted by molar-refractivity contribution is -0.347. The van der Waals surface area contributed by atoms with Crippen molar-refractivity contribution in [1.29, 1.82) is 0 Å². The van der Waals surface area contributed by atoms with Crippen LogP contribution in [0.3, 0.4) is 0 Å². The molecule has 0 aromatic heterocycles. The third-order valence-corrected chi connectivity index (χ3v) is 5.31. The molecular formula is C23H27NO6. The van der Waals surface area contributed by atoms with E-state index in [-0.39, 0.29) is 12.0 Å². The van der Waals surface area contributed by atoms with Crippen LogP contribution in [0.1, 0.15) is 24.3 Å². The molecule has 0 radical (unpaired) electrons. The lowest BCUT2D eigenvalue weighted by Crippen LogP contribution is -2.67. The van der Waals surface area contributed by atoms with Crippen LogP contribution in [0.5, 0.6) is 0 Å². The molecule has 1 amide bonds. The molecule has 2 heterocycles. The van der Waals surface area contributed by atoms with E-state index in [0.29, 0.717) is 13.2 Å². The van der Waals surface area contributed by atoms with Gasteiger partial charge < -0.3 is 29.0 Å². The monoisotopic (exact) mass is 413 g/mol. The molecule has 0 bridgehead atoms. The first-order valence-corrected chi connectivity index (χ1v) is 10.1. The lowest BCUT2D eigenvalue weighted by Gasteiger charge is -2.48. The molecule has 0 saturated carbocycles. The van der Waals surface area contributed by atoms with E-state index in [0.717, 1.165) is 11.1 Å². The summed E-state index contributed by atoms with van der Waals surface area (Å²) in [6, 6.07) is 19.0. The zero-order valence-electron chi connectivity index (χ0n) is 17.1. The van der Waals surface area contributed by atoms with Gasteiger partial charge in [0.1, 0.15) is 24.4 Å². The van der Waals surface area contributed by atoms with Gasteiger partial charge in [0.2, 0.25) is 5.91 Å². The van der Waals surface area contributed by atoms with Crippen LogP contribution in [0.2, 0.25) is 0 Å². The minimum atomic E-state index is -0.694. The Kier molecular flexibility index (Phi) is 6.76. The Labute approximate surface area is 176 Å². The largest absolute Gasteiger partial charge is 0.376 e. The fourth-order valence-corrected chi connectivity index (χ4v) is 3.91. The van der Waals surface area contributed by atoms with Crippen molar-refractivity contribution in [3.8, 4) is 0 Å². The molecule has 2 aliphatic heterocycles. The number of fused-ring (bicyclic) bond motifs is 1. The van der Waals surface area contributed by atoms with Gasteiger partial charge in [0, 0.05) is 19.6 Å². The first kappa shape index (κ1) is 21.0. The maximum absolute atomic E-state index is 11.9. The van der Waals surface area contributed by atoms with E-state index in [1.54, 1.807) is 7.11 Å². The average Bonchev–Trinajstić information content (AvgIpc) is 2.78. The van der Waals surface area contributed by atoms with Crippen molar-refractivity contribution in [1.82, 2.24) is 5.32 Å². The van der Waals surface area contributed by atoms with Crippen molar-refractivity contribution >= 4 is 5.91 Å². The molecule has 1 unspecified atom stereocenters. The molecule has 6 atom stereocenters. The number of amides is 1. The van der Waals surface area contributed by atoms with Gasteiger partial charge in [0.15, 0.2) is 12.6 Å². The Morgan fingerprint density at radius 2 is 1.77 bits per heavy atom. The van der Waals surface area contributed by atoms with Crippen LogP contribution in [0.4, 0.5) is 0 Å². The van der Waals surface area contributed by atoms with Crippen molar-refractivity contribution in [2.24, 2.45) is 0 Å². The molecule has 0 spiro atoms. The molecule has 160 valence electrons. The Morgan fingerprint density at radius 1 is 1.07 bits per heavy atom. The predicted molar refractivity (Wildman–Crippen MR) is 108 cm³/mol. The zero-order valence-corrected chi connectivity index (χ0v) is 17.1. The van der Waals surface area contributed by atoms with Gasteiger partial charge in [-0.2, -0.15) is 0 Å². The van der Waals surface area contributed by atoms with E-state index in [9.17, 15) is 4.79 Å². The Balaban J connectivity index is 1.51. The summed E-state index contributed by atoms with van der Waals surface area (Å²) < 4.78 is 30.1. The van der Waals surface area contributed by atoms with Crippen LogP contribution in [0.25, 0.3) is 0 Å². The van der Waals surface area contributed by atoms with Gasteiger partial charge in [0.25, 0.3) is 0 Å². The van der Waals surface area contributed by atoms with Crippen molar-refractivity contribution in [2.75, 3.05) is 13.7 Å². The third-order valence-electron chi connectivity index (χ3n) is 5.31. The Hall–Kier alpha value is -2.29. The van der Waals surface area contributed by atoms with E-state index in [2.05, 4.69) is 5.32 Å². The Bertz CT molecular complexity index is 817. The maximum Gasteiger partial charge on any atom is 0.217 e. The molecule has 2 saturated heterocycles. The highest BCUT2D eigenvalue weighted by atomic mass is 16.7. The molecule has 0 aliphatic carbocycles. The fourth-order valence-electron chi connectivity index (χ4n) is 3.91. The Morgan fingerprint density at radius 3 is 2.43 bits per heavy atom. The summed E-state index contributed by atoms with van der Waals surface area (Å²) in [6.45, 7) is 2.15. The molecule has 4 rings (SSSR count). The lowest BCUT2D eigenvalue weighted by atomic mass is 9.95. The van der Waals surface area contributed by atoms with Gasteiger partial charge in [-0.15, -0.1) is 0 Å². The van der Waals surface area contributed by atoms with Gasteiger partial charge in [-0.1, -0.05) is 60.7 Å². The fraction of sp³-hybridized carbons (Fsp3) is 0.435. The quantitative estimate of drug-likeness (QED) is 0.785. The van der Waals surface area contributed by atoms with Gasteiger partial charge in [-0.25, -0.2) is 0 Å². The van der Waals surface area contributed by atoms with Gasteiger partial charge >= 0.3 is 0 Å². The van der Waals surface area contributed by atoms with E-state index in [1.807, 2.05) is 60.7 Å². The van der Waals surface area contributed by atoms with Crippen molar-refractivity contribution in [3.63, 3.8) is 0 Å². The molecule has 2 aromatic carbocycles. The van der Waals surface area contributed by atoms with Crippen LogP contribution in [0, 0.1) is 0 Å². The number of benzene rings is 2. The molecule has 7 heteroatoms. The second-order valence-electron chi connectivity index (χ2n) is 7.44. The number of ether oxygens (including phenoxy) is 5. The summed E-state index contributed by atoms with van der Waals surface area (Å²) in [5.41, 5.74) is 1.93. The first-order chi connectivity index (χ1) is 14.7. The van der Waals surface area contributed by atoms with Crippen LogP contribution >= 0.6 is 0 Å². The summed E-state index contributed by atoms with van der Waals surface area (Å²) in [5, 5.41) is 2.92. The van der Waals surface area contributed by atoms with Gasteiger partial charge in [0.05, 0.1) is 13.2 Å². The van der Waals surface area contributed by atoms with Crippen LogP contribution < -0.4 is 5.32 Å². The predicted octanol–water partition coefficient (Wildman–Crippen LogP) is 2.56. The minimum absolute atomic E-state index is 0.191. The number of hydrogen-bond donors (Lipinski definition) is 1. The molecular weight excluding hydrogens is 386 g/mol. The maximum atomic E-state index is 11.9. The summed E-state index contributed by atoms with van der Waals surface area (Å²) in [7, 11) is 1.60. The molecule has 1 N–H and O–H groups in total.